The van der Waals surface area contributed by atoms with Crippen molar-refractivity contribution < 1.29 is 18.3 Å². The van der Waals surface area contributed by atoms with Gasteiger partial charge in [-0.2, -0.15) is 0 Å². The van der Waals surface area contributed by atoms with E-state index in [9.17, 15) is 13.6 Å². The standard InChI is InChI=1S/C13H14F2N2O2/c1-3-7(13(18)19-4-2)12-16-10-5-8(14)9(15)6-11(10)17-12/h5-7H,3-4H2,1-2H3,(H,16,17). The third kappa shape index (κ3) is 2.57. The van der Waals surface area contributed by atoms with Crippen molar-refractivity contribution in [2.24, 2.45) is 0 Å². The van der Waals surface area contributed by atoms with Crippen molar-refractivity contribution >= 4 is 17.0 Å². The highest BCUT2D eigenvalue weighted by Crippen LogP contribution is 2.23. The van der Waals surface area contributed by atoms with Crippen LogP contribution in [-0.2, 0) is 9.53 Å². The number of hydrogen-bond acceptors (Lipinski definition) is 3. The van der Waals surface area contributed by atoms with E-state index in [0.29, 0.717) is 17.8 Å². The molecule has 1 unspecified atom stereocenters. The molecule has 0 saturated carbocycles. The van der Waals surface area contributed by atoms with Gasteiger partial charge in [0.2, 0.25) is 0 Å². The molecule has 102 valence electrons. The van der Waals surface area contributed by atoms with Crippen molar-refractivity contribution in [2.75, 3.05) is 6.61 Å². The van der Waals surface area contributed by atoms with E-state index in [4.69, 9.17) is 4.74 Å². The quantitative estimate of drug-likeness (QED) is 0.867. The number of halogens is 2. The van der Waals surface area contributed by atoms with Crippen LogP contribution < -0.4 is 0 Å². The van der Waals surface area contributed by atoms with Gasteiger partial charge in [-0.3, -0.25) is 4.79 Å². The number of rotatable bonds is 4. The van der Waals surface area contributed by atoms with Gasteiger partial charge in [-0.05, 0) is 13.3 Å². The van der Waals surface area contributed by atoms with E-state index in [1.54, 1.807) is 6.92 Å². The normalized spacial score (nSPS) is 12.6. The summed E-state index contributed by atoms with van der Waals surface area (Å²) in [5.41, 5.74) is 0.647. The first-order chi connectivity index (χ1) is 9.06. The van der Waals surface area contributed by atoms with Crippen LogP contribution in [0.2, 0.25) is 0 Å². The molecule has 0 bridgehead atoms. The maximum atomic E-state index is 13.1. The van der Waals surface area contributed by atoms with E-state index >= 15 is 0 Å². The van der Waals surface area contributed by atoms with Gasteiger partial charge in [-0.25, -0.2) is 13.8 Å². The Kier molecular flexibility index (Phi) is 3.78. The summed E-state index contributed by atoms with van der Waals surface area (Å²) in [5.74, 6) is -2.51. The second kappa shape index (κ2) is 5.34. The van der Waals surface area contributed by atoms with Crippen LogP contribution in [0.15, 0.2) is 12.1 Å². The molecule has 0 amide bonds. The van der Waals surface area contributed by atoms with Crippen molar-refractivity contribution in [2.45, 2.75) is 26.2 Å². The number of carbonyl (C=O) groups excluding carboxylic acids is 1. The molecule has 6 heteroatoms. The molecule has 0 aliphatic carbocycles. The smallest absolute Gasteiger partial charge is 0.316 e. The summed E-state index contributed by atoms with van der Waals surface area (Å²) in [6, 6.07) is 2.03. The monoisotopic (exact) mass is 268 g/mol. The molecule has 0 fully saturated rings. The van der Waals surface area contributed by atoms with Gasteiger partial charge in [-0.1, -0.05) is 6.92 Å². The Bertz CT molecular complexity index is 571. The third-order valence-corrected chi connectivity index (χ3v) is 2.85. The zero-order valence-electron chi connectivity index (χ0n) is 10.7. The second-order valence-electron chi connectivity index (χ2n) is 4.12. The number of benzene rings is 1. The molecule has 0 aliphatic heterocycles. The Morgan fingerprint density at radius 3 is 2.68 bits per heavy atom. The van der Waals surface area contributed by atoms with Crippen molar-refractivity contribution in [1.82, 2.24) is 9.97 Å². The Balaban J connectivity index is 2.41. The van der Waals surface area contributed by atoms with Crippen LogP contribution in [0.25, 0.3) is 11.0 Å². The summed E-state index contributed by atoms with van der Waals surface area (Å²) in [6.45, 7) is 3.81. The van der Waals surface area contributed by atoms with Gasteiger partial charge < -0.3 is 9.72 Å². The number of aromatic amines is 1. The number of H-pyrrole nitrogens is 1. The van der Waals surface area contributed by atoms with Crippen LogP contribution in [0.1, 0.15) is 32.0 Å². The molecule has 2 rings (SSSR count). The maximum absolute atomic E-state index is 13.1. The summed E-state index contributed by atoms with van der Waals surface area (Å²) in [4.78, 5) is 18.7. The fourth-order valence-electron chi connectivity index (χ4n) is 1.90. The van der Waals surface area contributed by atoms with Crippen LogP contribution in [0.4, 0.5) is 8.78 Å². The lowest BCUT2D eigenvalue weighted by molar-refractivity contribution is -0.145. The minimum atomic E-state index is -0.963. The molecule has 0 spiro atoms. The zero-order chi connectivity index (χ0) is 14.0. The lowest BCUT2D eigenvalue weighted by Gasteiger charge is -2.10. The van der Waals surface area contributed by atoms with Gasteiger partial charge in [0.05, 0.1) is 17.6 Å². The molecule has 0 saturated heterocycles. The molecule has 2 aromatic rings. The van der Waals surface area contributed by atoms with Crippen LogP contribution >= 0.6 is 0 Å². The largest absolute Gasteiger partial charge is 0.465 e. The molecule has 0 aliphatic rings. The van der Waals surface area contributed by atoms with E-state index in [1.807, 2.05) is 6.92 Å². The van der Waals surface area contributed by atoms with Gasteiger partial charge in [-0.15, -0.1) is 0 Å². The molecular formula is C13H14F2N2O2. The lowest BCUT2D eigenvalue weighted by Crippen LogP contribution is -2.16. The average Bonchev–Trinajstić information content (AvgIpc) is 2.73. The molecule has 19 heavy (non-hydrogen) atoms. The summed E-state index contributed by atoms with van der Waals surface area (Å²) >= 11 is 0. The lowest BCUT2D eigenvalue weighted by atomic mass is 10.1. The highest BCUT2D eigenvalue weighted by molar-refractivity contribution is 5.80. The maximum Gasteiger partial charge on any atom is 0.316 e. The van der Waals surface area contributed by atoms with Gasteiger partial charge in [0.1, 0.15) is 11.7 Å². The van der Waals surface area contributed by atoms with Crippen molar-refractivity contribution in [3.05, 3.63) is 29.6 Å². The van der Waals surface area contributed by atoms with Crippen molar-refractivity contribution in [3.8, 4) is 0 Å². The first kappa shape index (κ1) is 13.5. The molecule has 0 radical (unpaired) electrons. The van der Waals surface area contributed by atoms with Crippen LogP contribution in [0.3, 0.4) is 0 Å². The Labute approximate surface area is 108 Å². The predicted molar refractivity (Wildman–Crippen MR) is 65.7 cm³/mol. The van der Waals surface area contributed by atoms with Gasteiger partial charge in [0, 0.05) is 12.1 Å². The van der Waals surface area contributed by atoms with Crippen LogP contribution in [-0.4, -0.2) is 22.5 Å². The Morgan fingerprint density at radius 2 is 2.05 bits per heavy atom. The fraction of sp³-hybridized carbons (Fsp3) is 0.385. The van der Waals surface area contributed by atoms with Gasteiger partial charge in [0.25, 0.3) is 0 Å². The topological polar surface area (TPSA) is 55.0 Å². The predicted octanol–water partition coefficient (Wildman–Crippen LogP) is 2.90. The second-order valence-corrected chi connectivity index (χ2v) is 4.12. The molecule has 1 heterocycles. The fourth-order valence-corrected chi connectivity index (χ4v) is 1.90. The van der Waals surface area contributed by atoms with E-state index in [0.717, 1.165) is 12.1 Å². The number of imidazole rings is 1. The third-order valence-electron chi connectivity index (χ3n) is 2.85. The number of nitrogens with one attached hydrogen (secondary N) is 1. The van der Waals surface area contributed by atoms with Gasteiger partial charge in [0.15, 0.2) is 11.6 Å². The number of ether oxygens (including phenoxy) is 1. The van der Waals surface area contributed by atoms with Gasteiger partial charge >= 0.3 is 5.97 Å². The zero-order valence-corrected chi connectivity index (χ0v) is 10.7. The van der Waals surface area contributed by atoms with E-state index in [1.165, 1.54) is 0 Å². The Hall–Kier alpha value is -1.98. The number of nitrogens with zero attached hydrogens (tertiary/aromatic N) is 1. The van der Waals surface area contributed by atoms with Crippen molar-refractivity contribution in [3.63, 3.8) is 0 Å². The molecule has 1 atom stereocenters. The number of aromatic nitrogens is 2. The highest BCUT2D eigenvalue weighted by atomic mass is 19.2. The van der Waals surface area contributed by atoms with Crippen LogP contribution in [0.5, 0.6) is 0 Å². The Morgan fingerprint density at radius 1 is 1.37 bits per heavy atom. The highest BCUT2D eigenvalue weighted by Gasteiger charge is 2.23. The number of carbonyl (C=O) groups is 1. The number of fused-ring (bicyclic) bond motifs is 1. The minimum absolute atomic E-state index is 0.277. The van der Waals surface area contributed by atoms with E-state index < -0.39 is 23.5 Å². The number of esters is 1. The molecule has 1 aromatic carbocycles. The molecular weight excluding hydrogens is 254 g/mol. The summed E-state index contributed by atoms with van der Waals surface area (Å²) < 4.78 is 31.2. The minimum Gasteiger partial charge on any atom is -0.465 e. The van der Waals surface area contributed by atoms with Crippen LogP contribution in [0, 0.1) is 11.6 Å². The molecule has 1 aromatic heterocycles. The number of hydrogen-bond donors (Lipinski definition) is 1. The van der Waals surface area contributed by atoms with E-state index in [-0.39, 0.29) is 12.1 Å². The summed E-state index contributed by atoms with van der Waals surface area (Å²) in [5, 5.41) is 0. The first-order valence-electron chi connectivity index (χ1n) is 6.08. The SMILES string of the molecule is CCOC(=O)C(CC)c1nc2cc(F)c(F)cc2[nH]1. The molecule has 1 N–H and O–H groups in total. The summed E-state index contributed by atoms with van der Waals surface area (Å²) in [7, 11) is 0. The van der Waals surface area contributed by atoms with E-state index in [2.05, 4.69) is 9.97 Å². The first-order valence-corrected chi connectivity index (χ1v) is 6.08. The molecule has 4 nitrogen and oxygen atoms in total. The summed E-state index contributed by atoms with van der Waals surface area (Å²) in [6.07, 6.45) is 0.490. The average molecular weight is 268 g/mol. The van der Waals surface area contributed by atoms with Crippen molar-refractivity contribution in [1.29, 1.82) is 0 Å².